The SMILES string of the molecule is CCCc1ccccc1NCc1cscn1. The molecule has 16 heavy (non-hydrogen) atoms. The maximum Gasteiger partial charge on any atom is 0.0795 e. The van der Waals surface area contributed by atoms with E-state index in [4.69, 9.17) is 0 Å². The van der Waals surface area contributed by atoms with Gasteiger partial charge in [0.15, 0.2) is 0 Å². The highest BCUT2D eigenvalue weighted by Crippen LogP contribution is 2.17. The van der Waals surface area contributed by atoms with Gasteiger partial charge in [-0.1, -0.05) is 31.5 Å². The molecule has 2 nitrogen and oxygen atoms in total. The molecule has 1 heterocycles. The maximum absolute atomic E-state index is 4.26. The van der Waals surface area contributed by atoms with Crippen LogP contribution in [0.15, 0.2) is 35.2 Å². The Labute approximate surface area is 100 Å². The third kappa shape index (κ3) is 2.83. The number of nitrogens with zero attached hydrogens (tertiary/aromatic N) is 1. The van der Waals surface area contributed by atoms with Crippen LogP contribution in [0.1, 0.15) is 24.6 Å². The lowest BCUT2D eigenvalue weighted by Crippen LogP contribution is -2.02. The second kappa shape index (κ2) is 5.66. The summed E-state index contributed by atoms with van der Waals surface area (Å²) in [5, 5.41) is 5.52. The van der Waals surface area contributed by atoms with Crippen molar-refractivity contribution in [3.63, 3.8) is 0 Å². The van der Waals surface area contributed by atoms with Crippen molar-refractivity contribution >= 4 is 17.0 Å². The van der Waals surface area contributed by atoms with Gasteiger partial charge in [-0.15, -0.1) is 11.3 Å². The molecule has 0 radical (unpaired) electrons. The molecule has 2 rings (SSSR count). The minimum Gasteiger partial charge on any atom is -0.379 e. The van der Waals surface area contributed by atoms with E-state index in [9.17, 15) is 0 Å². The van der Waals surface area contributed by atoms with Crippen LogP contribution in [0.5, 0.6) is 0 Å². The molecule has 0 unspecified atom stereocenters. The van der Waals surface area contributed by atoms with Crippen molar-refractivity contribution in [3.8, 4) is 0 Å². The molecule has 0 bridgehead atoms. The molecular formula is C13H16N2S. The molecule has 84 valence electrons. The molecule has 0 aliphatic carbocycles. The Kier molecular flexibility index (Phi) is 3.94. The summed E-state index contributed by atoms with van der Waals surface area (Å²) in [5.41, 5.74) is 5.60. The summed E-state index contributed by atoms with van der Waals surface area (Å²) in [6, 6.07) is 8.49. The monoisotopic (exact) mass is 232 g/mol. The second-order valence-corrected chi connectivity index (χ2v) is 4.46. The molecule has 0 amide bonds. The smallest absolute Gasteiger partial charge is 0.0795 e. The summed E-state index contributed by atoms with van der Waals surface area (Å²) >= 11 is 1.64. The standard InChI is InChI=1S/C13H16N2S/c1-2-5-11-6-3-4-7-13(11)14-8-12-9-16-10-15-12/h3-4,6-7,9-10,14H,2,5,8H2,1H3. The number of anilines is 1. The highest BCUT2D eigenvalue weighted by atomic mass is 32.1. The minimum atomic E-state index is 0.810. The van der Waals surface area contributed by atoms with Gasteiger partial charge in [0.05, 0.1) is 17.7 Å². The summed E-state index contributed by atoms with van der Waals surface area (Å²) in [4.78, 5) is 4.26. The Balaban J connectivity index is 2.03. The fourth-order valence-corrected chi connectivity index (χ4v) is 2.25. The molecule has 3 heteroatoms. The van der Waals surface area contributed by atoms with E-state index in [2.05, 4.69) is 46.9 Å². The lowest BCUT2D eigenvalue weighted by atomic mass is 10.1. The fourth-order valence-electron chi connectivity index (χ4n) is 1.69. The van der Waals surface area contributed by atoms with Crippen LogP contribution in [-0.2, 0) is 13.0 Å². The Morgan fingerprint density at radius 1 is 1.31 bits per heavy atom. The molecule has 0 atom stereocenters. The Hall–Kier alpha value is -1.35. The molecule has 1 aromatic carbocycles. The van der Waals surface area contributed by atoms with Crippen molar-refractivity contribution in [2.24, 2.45) is 0 Å². The van der Waals surface area contributed by atoms with E-state index in [0.717, 1.165) is 18.7 Å². The molecular weight excluding hydrogens is 216 g/mol. The Morgan fingerprint density at radius 2 is 2.19 bits per heavy atom. The summed E-state index contributed by atoms with van der Waals surface area (Å²) in [6.45, 7) is 3.02. The number of benzene rings is 1. The van der Waals surface area contributed by atoms with E-state index < -0.39 is 0 Å². The highest BCUT2D eigenvalue weighted by molar-refractivity contribution is 7.07. The summed E-state index contributed by atoms with van der Waals surface area (Å²) in [7, 11) is 0. The average molecular weight is 232 g/mol. The summed E-state index contributed by atoms with van der Waals surface area (Å²) in [5.74, 6) is 0. The van der Waals surface area contributed by atoms with Crippen LogP contribution < -0.4 is 5.32 Å². The van der Waals surface area contributed by atoms with Gasteiger partial charge in [-0.05, 0) is 18.1 Å². The van der Waals surface area contributed by atoms with E-state index in [0.29, 0.717) is 0 Å². The normalized spacial score (nSPS) is 10.3. The third-order valence-corrected chi connectivity index (χ3v) is 3.12. The zero-order valence-electron chi connectivity index (χ0n) is 9.44. The van der Waals surface area contributed by atoms with E-state index >= 15 is 0 Å². The number of para-hydroxylation sites is 1. The van der Waals surface area contributed by atoms with Gasteiger partial charge in [0, 0.05) is 11.1 Å². The quantitative estimate of drug-likeness (QED) is 0.850. The zero-order chi connectivity index (χ0) is 11.2. The third-order valence-electron chi connectivity index (χ3n) is 2.48. The molecule has 0 fully saturated rings. The Bertz CT molecular complexity index is 423. The van der Waals surface area contributed by atoms with Crippen LogP contribution in [0.4, 0.5) is 5.69 Å². The fraction of sp³-hybridized carbons (Fsp3) is 0.308. The first-order chi connectivity index (χ1) is 7.90. The van der Waals surface area contributed by atoms with Crippen LogP contribution in [-0.4, -0.2) is 4.98 Å². The number of hydrogen-bond donors (Lipinski definition) is 1. The number of thiazole rings is 1. The van der Waals surface area contributed by atoms with Crippen LogP contribution >= 0.6 is 11.3 Å². The van der Waals surface area contributed by atoms with Crippen molar-refractivity contribution in [2.45, 2.75) is 26.3 Å². The van der Waals surface area contributed by atoms with Gasteiger partial charge in [-0.2, -0.15) is 0 Å². The van der Waals surface area contributed by atoms with Crippen LogP contribution in [0.2, 0.25) is 0 Å². The van der Waals surface area contributed by atoms with Crippen molar-refractivity contribution in [1.29, 1.82) is 0 Å². The van der Waals surface area contributed by atoms with Gasteiger partial charge in [0.2, 0.25) is 0 Å². The number of nitrogens with one attached hydrogen (secondary N) is 1. The largest absolute Gasteiger partial charge is 0.379 e. The molecule has 2 aromatic rings. The van der Waals surface area contributed by atoms with E-state index in [1.807, 2.05) is 5.51 Å². The first-order valence-corrected chi connectivity index (χ1v) is 6.53. The van der Waals surface area contributed by atoms with Crippen LogP contribution in [0.25, 0.3) is 0 Å². The molecule has 0 saturated carbocycles. The summed E-state index contributed by atoms with van der Waals surface area (Å²) < 4.78 is 0. The van der Waals surface area contributed by atoms with Crippen LogP contribution in [0.3, 0.4) is 0 Å². The number of aromatic nitrogens is 1. The molecule has 1 N–H and O–H groups in total. The van der Waals surface area contributed by atoms with Gasteiger partial charge < -0.3 is 5.32 Å². The number of rotatable bonds is 5. The minimum absolute atomic E-state index is 0.810. The predicted octanol–water partition coefficient (Wildman–Crippen LogP) is 3.71. The van der Waals surface area contributed by atoms with Crippen molar-refractivity contribution < 1.29 is 0 Å². The molecule has 0 aliphatic heterocycles. The first-order valence-electron chi connectivity index (χ1n) is 5.59. The first kappa shape index (κ1) is 11.1. The van der Waals surface area contributed by atoms with Crippen molar-refractivity contribution in [3.05, 3.63) is 46.4 Å². The van der Waals surface area contributed by atoms with Crippen molar-refractivity contribution in [1.82, 2.24) is 4.98 Å². The van der Waals surface area contributed by atoms with E-state index in [1.54, 1.807) is 11.3 Å². The summed E-state index contributed by atoms with van der Waals surface area (Å²) in [6.07, 6.45) is 2.30. The number of aryl methyl sites for hydroxylation is 1. The predicted molar refractivity (Wildman–Crippen MR) is 69.9 cm³/mol. The van der Waals surface area contributed by atoms with E-state index in [-0.39, 0.29) is 0 Å². The van der Waals surface area contributed by atoms with Gasteiger partial charge >= 0.3 is 0 Å². The molecule has 1 aromatic heterocycles. The van der Waals surface area contributed by atoms with Gasteiger partial charge in [-0.3, -0.25) is 0 Å². The topological polar surface area (TPSA) is 24.9 Å². The molecule has 0 aliphatic rings. The molecule has 0 spiro atoms. The lowest BCUT2D eigenvalue weighted by molar-refractivity contribution is 0.918. The van der Waals surface area contributed by atoms with Gasteiger partial charge in [0.25, 0.3) is 0 Å². The Morgan fingerprint density at radius 3 is 2.94 bits per heavy atom. The highest BCUT2D eigenvalue weighted by Gasteiger charge is 2.00. The van der Waals surface area contributed by atoms with Gasteiger partial charge in [-0.25, -0.2) is 4.98 Å². The van der Waals surface area contributed by atoms with Crippen molar-refractivity contribution in [2.75, 3.05) is 5.32 Å². The lowest BCUT2D eigenvalue weighted by Gasteiger charge is -2.10. The van der Waals surface area contributed by atoms with Gasteiger partial charge in [0.1, 0.15) is 0 Å². The van der Waals surface area contributed by atoms with Crippen LogP contribution in [0, 0.1) is 0 Å². The van der Waals surface area contributed by atoms with E-state index in [1.165, 1.54) is 17.7 Å². The number of hydrogen-bond acceptors (Lipinski definition) is 3. The second-order valence-electron chi connectivity index (χ2n) is 3.74. The maximum atomic E-state index is 4.26. The average Bonchev–Trinajstić information content (AvgIpc) is 2.81. The zero-order valence-corrected chi connectivity index (χ0v) is 10.3. The molecule has 0 saturated heterocycles.